The number of non-ortho nitro benzene ring substituents is 1. The smallest absolute Gasteiger partial charge is 0.295 e. The van der Waals surface area contributed by atoms with Crippen LogP contribution in [0.15, 0.2) is 54.1 Å². The number of nitrogens with zero attached hydrogens (tertiary/aromatic N) is 3. The van der Waals surface area contributed by atoms with Gasteiger partial charge in [-0.05, 0) is 68.1 Å². The number of nitro groups is 1. The number of hydrogen-bond donors (Lipinski definition) is 1. The Bertz CT molecular complexity index is 1160. The van der Waals surface area contributed by atoms with Crippen LogP contribution in [0.25, 0.3) is 5.76 Å². The number of unbranched alkanes of at least 4 members (excludes halogenated alkanes) is 2. The molecule has 1 atom stereocenters. The van der Waals surface area contributed by atoms with Gasteiger partial charge < -0.3 is 14.9 Å². The fraction of sp³-hybridized carbons (Fsp3) is 0.484. The van der Waals surface area contributed by atoms with Gasteiger partial charge in [0, 0.05) is 24.2 Å². The Morgan fingerprint density at radius 1 is 0.949 bits per heavy atom. The van der Waals surface area contributed by atoms with E-state index in [1.165, 1.54) is 24.3 Å². The van der Waals surface area contributed by atoms with Crippen molar-refractivity contribution in [3.8, 4) is 0 Å². The van der Waals surface area contributed by atoms with E-state index in [2.05, 4.69) is 32.6 Å². The van der Waals surface area contributed by atoms with Crippen molar-refractivity contribution in [2.75, 3.05) is 26.2 Å². The van der Waals surface area contributed by atoms with Gasteiger partial charge in [-0.2, -0.15) is 0 Å². The Balaban J connectivity index is 1.95. The molecule has 1 saturated heterocycles. The molecule has 0 aromatic heterocycles. The predicted molar refractivity (Wildman–Crippen MR) is 154 cm³/mol. The zero-order valence-corrected chi connectivity index (χ0v) is 23.6. The summed E-state index contributed by atoms with van der Waals surface area (Å²) in [5, 5.41) is 22.3. The third-order valence-electron chi connectivity index (χ3n) is 7.34. The first-order valence-electron chi connectivity index (χ1n) is 14.0. The van der Waals surface area contributed by atoms with Crippen LogP contribution in [-0.4, -0.2) is 57.7 Å². The zero-order valence-electron chi connectivity index (χ0n) is 23.6. The number of nitro benzene ring substituents is 1. The number of aliphatic hydroxyl groups is 1. The third-order valence-corrected chi connectivity index (χ3v) is 7.34. The maximum absolute atomic E-state index is 13.3. The molecular weight excluding hydrogens is 494 g/mol. The Morgan fingerprint density at radius 2 is 1.51 bits per heavy atom. The molecule has 1 heterocycles. The van der Waals surface area contributed by atoms with Gasteiger partial charge in [0.2, 0.25) is 0 Å². The van der Waals surface area contributed by atoms with Crippen LogP contribution in [0.1, 0.15) is 88.4 Å². The predicted octanol–water partition coefficient (Wildman–Crippen LogP) is 6.43. The van der Waals surface area contributed by atoms with Gasteiger partial charge in [-0.3, -0.25) is 19.7 Å². The molecular formula is C31H41N3O5. The molecule has 0 radical (unpaired) electrons. The topological polar surface area (TPSA) is 104 Å². The maximum Gasteiger partial charge on any atom is 0.295 e. The number of likely N-dealkylation sites (tertiary alicyclic amines) is 1. The standard InChI is InChI=1S/C31H41N3O5/c1-5-7-18-32(19-8-6-2)20-9-21-33-28(24-12-10-23(11-13-24)22(3)4)27(30(36)31(33)37)29(35)25-14-16-26(17-15-25)34(38)39/h10-17,22,28,35H,5-9,18-21H2,1-4H3/t28-/m1/s1. The molecule has 0 aliphatic carbocycles. The van der Waals surface area contributed by atoms with Gasteiger partial charge in [0.05, 0.1) is 16.5 Å². The van der Waals surface area contributed by atoms with Crippen LogP contribution in [0.2, 0.25) is 0 Å². The number of benzene rings is 2. The van der Waals surface area contributed by atoms with Gasteiger partial charge in [0.25, 0.3) is 17.4 Å². The molecule has 0 bridgehead atoms. The molecule has 1 aliphatic rings. The quantitative estimate of drug-likeness (QED) is 0.0982. The number of ketones is 1. The number of carbonyl (C=O) groups is 2. The average Bonchev–Trinajstić information content (AvgIpc) is 3.18. The minimum atomic E-state index is -0.738. The Labute approximate surface area is 231 Å². The second-order valence-electron chi connectivity index (χ2n) is 10.5. The number of aliphatic hydroxyl groups excluding tert-OH is 1. The van der Waals surface area contributed by atoms with Crippen molar-refractivity contribution < 1.29 is 19.6 Å². The summed E-state index contributed by atoms with van der Waals surface area (Å²) in [6, 6.07) is 12.4. The summed E-state index contributed by atoms with van der Waals surface area (Å²) in [6.07, 6.45) is 5.18. The highest BCUT2D eigenvalue weighted by atomic mass is 16.6. The van der Waals surface area contributed by atoms with Crippen LogP contribution < -0.4 is 0 Å². The van der Waals surface area contributed by atoms with Crippen LogP contribution in [0.4, 0.5) is 5.69 Å². The van der Waals surface area contributed by atoms with Gasteiger partial charge in [0.15, 0.2) is 0 Å². The van der Waals surface area contributed by atoms with Crippen molar-refractivity contribution in [1.82, 2.24) is 9.80 Å². The van der Waals surface area contributed by atoms with Gasteiger partial charge in [0.1, 0.15) is 5.76 Å². The average molecular weight is 536 g/mol. The van der Waals surface area contributed by atoms with Crippen LogP contribution in [0.5, 0.6) is 0 Å². The van der Waals surface area contributed by atoms with E-state index >= 15 is 0 Å². The summed E-state index contributed by atoms with van der Waals surface area (Å²) in [5.74, 6) is -1.37. The van der Waals surface area contributed by atoms with Gasteiger partial charge in [-0.15, -0.1) is 0 Å². The van der Waals surface area contributed by atoms with E-state index in [-0.39, 0.29) is 22.6 Å². The summed E-state index contributed by atoms with van der Waals surface area (Å²) >= 11 is 0. The minimum Gasteiger partial charge on any atom is -0.507 e. The fourth-order valence-corrected chi connectivity index (χ4v) is 4.98. The fourth-order valence-electron chi connectivity index (χ4n) is 4.98. The molecule has 3 rings (SSSR count). The summed E-state index contributed by atoms with van der Waals surface area (Å²) in [7, 11) is 0. The first-order valence-corrected chi connectivity index (χ1v) is 14.0. The van der Waals surface area contributed by atoms with Gasteiger partial charge in [-0.25, -0.2) is 0 Å². The molecule has 210 valence electrons. The van der Waals surface area contributed by atoms with Crippen molar-refractivity contribution in [3.63, 3.8) is 0 Å². The summed E-state index contributed by atoms with van der Waals surface area (Å²) in [4.78, 5) is 41.2. The molecule has 1 amide bonds. The van der Waals surface area contributed by atoms with Crippen LogP contribution in [-0.2, 0) is 9.59 Å². The lowest BCUT2D eigenvalue weighted by Gasteiger charge is -2.27. The van der Waals surface area contributed by atoms with Crippen LogP contribution in [0, 0.1) is 10.1 Å². The van der Waals surface area contributed by atoms with E-state index in [0.29, 0.717) is 18.9 Å². The zero-order chi connectivity index (χ0) is 28.5. The Morgan fingerprint density at radius 3 is 2.03 bits per heavy atom. The lowest BCUT2D eigenvalue weighted by Crippen LogP contribution is -2.34. The summed E-state index contributed by atoms with van der Waals surface area (Å²) in [5.41, 5.74) is 2.03. The molecule has 1 N–H and O–H groups in total. The normalized spacial score (nSPS) is 17.0. The van der Waals surface area contributed by atoms with Gasteiger partial charge >= 0.3 is 0 Å². The molecule has 1 fully saturated rings. The molecule has 2 aromatic rings. The largest absolute Gasteiger partial charge is 0.507 e. The molecule has 1 aliphatic heterocycles. The SMILES string of the molecule is CCCCN(CCCC)CCCN1C(=O)C(=O)C(=C(O)c2ccc([N+](=O)[O-])cc2)[C@H]1c1ccc(C(C)C)cc1. The van der Waals surface area contributed by atoms with E-state index in [1.54, 1.807) is 4.90 Å². The van der Waals surface area contributed by atoms with E-state index < -0.39 is 22.7 Å². The van der Waals surface area contributed by atoms with Gasteiger partial charge in [-0.1, -0.05) is 64.8 Å². The van der Waals surface area contributed by atoms with E-state index in [1.807, 2.05) is 24.3 Å². The van der Waals surface area contributed by atoms with E-state index in [4.69, 9.17) is 0 Å². The lowest BCUT2D eigenvalue weighted by atomic mass is 9.93. The van der Waals surface area contributed by atoms with E-state index in [9.17, 15) is 24.8 Å². The minimum absolute atomic E-state index is 0.0139. The second kappa shape index (κ2) is 14.0. The first kappa shape index (κ1) is 30.0. The molecule has 8 nitrogen and oxygen atoms in total. The maximum atomic E-state index is 13.3. The summed E-state index contributed by atoms with van der Waals surface area (Å²) in [6.45, 7) is 11.8. The number of hydrogen-bond acceptors (Lipinski definition) is 6. The number of carbonyl (C=O) groups excluding carboxylic acids is 2. The highest BCUT2D eigenvalue weighted by molar-refractivity contribution is 6.46. The number of amides is 1. The van der Waals surface area contributed by atoms with Crippen molar-refractivity contribution >= 4 is 23.1 Å². The molecule has 8 heteroatoms. The lowest BCUT2D eigenvalue weighted by molar-refractivity contribution is -0.384. The highest BCUT2D eigenvalue weighted by Crippen LogP contribution is 2.40. The number of Topliss-reactive ketones (excluding diaryl/α,β-unsaturated/α-hetero) is 1. The van der Waals surface area contributed by atoms with Crippen molar-refractivity contribution in [3.05, 3.63) is 80.9 Å². The second-order valence-corrected chi connectivity index (χ2v) is 10.5. The highest BCUT2D eigenvalue weighted by Gasteiger charge is 2.45. The molecule has 39 heavy (non-hydrogen) atoms. The monoisotopic (exact) mass is 535 g/mol. The van der Waals surface area contributed by atoms with Crippen LogP contribution >= 0.6 is 0 Å². The van der Waals surface area contributed by atoms with Crippen molar-refractivity contribution in [1.29, 1.82) is 0 Å². The first-order chi connectivity index (χ1) is 18.7. The molecule has 0 saturated carbocycles. The number of rotatable bonds is 14. The third kappa shape index (κ3) is 7.32. The van der Waals surface area contributed by atoms with Crippen molar-refractivity contribution in [2.45, 2.75) is 71.8 Å². The molecule has 2 aromatic carbocycles. The van der Waals surface area contributed by atoms with Crippen molar-refractivity contribution in [2.24, 2.45) is 0 Å². The van der Waals surface area contributed by atoms with Crippen LogP contribution in [0.3, 0.4) is 0 Å². The summed E-state index contributed by atoms with van der Waals surface area (Å²) < 4.78 is 0. The Kier molecular flexibility index (Phi) is 10.8. The van der Waals surface area contributed by atoms with E-state index in [0.717, 1.165) is 56.4 Å². The Hall–Kier alpha value is -3.52. The molecule has 0 spiro atoms. The molecule has 0 unspecified atom stereocenters.